The normalized spacial score (nSPS) is 11.7. The number of rotatable bonds is 5. The van der Waals surface area contributed by atoms with Crippen LogP contribution in [-0.2, 0) is 0 Å². The first-order valence-electron chi connectivity index (χ1n) is 6.41. The molecule has 0 aliphatic carbocycles. The van der Waals surface area contributed by atoms with Crippen molar-refractivity contribution < 1.29 is 14.6 Å². The fourth-order valence-electron chi connectivity index (χ4n) is 1.96. The van der Waals surface area contributed by atoms with E-state index in [2.05, 4.69) is 10.3 Å². The minimum Gasteiger partial charge on any atom is -0.497 e. The van der Waals surface area contributed by atoms with E-state index >= 15 is 0 Å². The number of ether oxygens (including phenoxy) is 1. The minimum absolute atomic E-state index is 0.0365. The van der Waals surface area contributed by atoms with Gasteiger partial charge in [-0.3, -0.25) is 0 Å². The van der Waals surface area contributed by atoms with Crippen LogP contribution in [0.15, 0.2) is 36.5 Å². The number of aromatic nitrogens is 1. The molecule has 1 aromatic carbocycles. The summed E-state index contributed by atoms with van der Waals surface area (Å²) < 4.78 is 5.11. The summed E-state index contributed by atoms with van der Waals surface area (Å²) in [6.45, 7) is 1.94. The van der Waals surface area contributed by atoms with E-state index in [4.69, 9.17) is 15.6 Å². The average Bonchev–Trinajstić information content (AvgIpc) is 2.49. The summed E-state index contributed by atoms with van der Waals surface area (Å²) in [6.07, 6.45) is 1.42. The fourth-order valence-corrected chi connectivity index (χ4v) is 1.96. The molecule has 0 fully saturated rings. The molecule has 110 valence electrons. The van der Waals surface area contributed by atoms with Gasteiger partial charge in [0.25, 0.3) is 0 Å². The number of carboxylic acid groups (broad SMARTS) is 1. The highest BCUT2D eigenvalue weighted by Crippen LogP contribution is 2.25. The molecule has 0 bridgehead atoms. The van der Waals surface area contributed by atoms with Gasteiger partial charge in [0, 0.05) is 6.20 Å². The molecule has 0 aliphatic rings. The molecule has 6 nitrogen and oxygen atoms in total. The van der Waals surface area contributed by atoms with Gasteiger partial charge < -0.3 is 20.9 Å². The molecule has 0 saturated carbocycles. The van der Waals surface area contributed by atoms with Gasteiger partial charge in [-0.05, 0) is 30.7 Å². The Kier molecular flexibility index (Phi) is 4.27. The lowest BCUT2D eigenvalue weighted by atomic mass is 10.1. The molecule has 1 aromatic heterocycles. The Balaban J connectivity index is 2.20. The summed E-state index contributed by atoms with van der Waals surface area (Å²) in [4.78, 5) is 15.1. The van der Waals surface area contributed by atoms with E-state index in [0.29, 0.717) is 5.82 Å². The largest absolute Gasteiger partial charge is 0.497 e. The fraction of sp³-hybridized carbons (Fsp3) is 0.200. The van der Waals surface area contributed by atoms with Gasteiger partial charge in [0.1, 0.15) is 5.75 Å². The first kappa shape index (κ1) is 14.6. The number of anilines is 2. The summed E-state index contributed by atoms with van der Waals surface area (Å²) in [6, 6.07) is 8.87. The lowest BCUT2D eigenvalue weighted by molar-refractivity contribution is 0.0698. The van der Waals surface area contributed by atoms with Crippen LogP contribution in [0.2, 0.25) is 0 Å². The van der Waals surface area contributed by atoms with Crippen molar-refractivity contribution in [1.29, 1.82) is 0 Å². The number of nitrogens with zero attached hydrogens (tertiary/aromatic N) is 1. The molecular weight excluding hydrogens is 270 g/mol. The van der Waals surface area contributed by atoms with Gasteiger partial charge in [0.2, 0.25) is 0 Å². The van der Waals surface area contributed by atoms with Crippen molar-refractivity contribution in [2.45, 2.75) is 13.0 Å². The van der Waals surface area contributed by atoms with Crippen LogP contribution in [0.25, 0.3) is 0 Å². The summed E-state index contributed by atoms with van der Waals surface area (Å²) in [5.41, 5.74) is 7.01. The zero-order valence-corrected chi connectivity index (χ0v) is 11.8. The Morgan fingerprint density at radius 1 is 1.33 bits per heavy atom. The highest BCUT2D eigenvalue weighted by Gasteiger charge is 2.14. The molecular formula is C15H17N3O3. The Labute approximate surface area is 122 Å². The lowest BCUT2D eigenvalue weighted by Gasteiger charge is -2.17. The predicted octanol–water partition coefficient (Wildman–Crippen LogP) is 2.54. The van der Waals surface area contributed by atoms with Crippen LogP contribution in [0.1, 0.15) is 28.9 Å². The van der Waals surface area contributed by atoms with Crippen LogP contribution in [0.3, 0.4) is 0 Å². The Morgan fingerprint density at radius 2 is 2.00 bits per heavy atom. The molecule has 4 N–H and O–H groups in total. The number of hydrogen-bond donors (Lipinski definition) is 3. The first-order chi connectivity index (χ1) is 10.0. The molecule has 0 aliphatic heterocycles. The van der Waals surface area contributed by atoms with E-state index in [1.165, 1.54) is 12.3 Å². The van der Waals surface area contributed by atoms with E-state index < -0.39 is 5.97 Å². The van der Waals surface area contributed by atoms with Crippen molar-refractivity contribution in [1.82, 2.24) is 4.98 Å². The van der Waals surface area contributed by atoms with Crippen molar-refractivity contribution in [2.75, 3.05) is 18.2 Å². The number of hydrogen-bond acceptors (Lipinski definition) is 5. The number of methoxy groups -OCH3 is 1. The maximum absolute atomic E-state index is 11.1. The zero-order valence-electron chi connectivity index (χ0n) is 11.8. The van der Waals surface area contributed by atoms with Crippen molar-refractivity contribution in [3.8, 4) is 5.75 Å². The number of carbonyl (C=O) groups is 1. The predicted molar refractivity (Wildman–Crippen MR) is 80.6 cm³/mol. The number of pyridine rings is 1. The molecule has 0 amide bonds. The smallest absolute Gasteiger partial charge is 0.337 e. The number of benzene rings is 1. The Hall–Kier alpha value is -2.76. The van der Waals surface area contributed by atoms with E-state index in [-0.39, 0.29) is 17.3 Å². The second-order valence-corrected chi connectivity index (χ2v) is 4.57. The van der Waals surface area contributed by atoms with E-state index in [1.54, 1.807) is 7.11 Å². The van der Waals surface area contributed by atoms with E-state index in [9.17, 15) is 4.79 Å². The molecule has 1 unspecified atom stereocenters. The molecule has 2 rings (SSSR count). The maximum atomic E-state index is 11.1. The molecule has 1 heterocycles. The van der Waals surface area contributed by atoms with Crippen LogP contribution in [-0.4, -0.2) is 23.2 Å². The van der Waals surface area contributed by atoms with E-state index in [1.807, 2.05) is 31.2 Å². The van der Waals surface area contributed by atoms with Crippen LogP contribution >= 0.6 is 0 Å². The van der Waals surface area contributed by atoms with Gasteiger partial charge in [-0.2, -0.15) is 0 Å². The summed E-state index contributed by atoms with van der Waals surface area (Å²) in [5, 5.41) is 12.2. The summed E-state index contributed by atoms with van der Waals surface area (Å²) in [7, 11) is 1.61. The third kappa shape index (κ3) is 3.22. The summed E-state index contributed by atoms with van der Waals surface area (Å²) >= 11 is 0. The van der Waals surface area contributed by atoms with Gasteiger partial charge in [-0.25, -0.2) is 9.78 Å². The van der Waals surface area contributed by atoms with Crippen molar-refractivity contribution in [3.63, 3.8) is 0 Å². The number of nitrogens with one attached hydrogen (secondary N) is 1. The number of nitrogens with two attached hydrogens (primary N) is 1. The molecule has 6 heteroatoms. The molecule has 0 spiro atoms. The van der Waals surface area contributed by atoms with Crippen molar-refractivity contribution in [2.24, 2.45) is 0 Å². The summed E-state index contributed by atoms with van der Waals surface area (Å²) in [5.74, 6) is 0.0599. The third-order valence-electron chi connectivity index (χ3n) is 3.19. The van der Waals surface area contributed by atoms with Gasteiger partial charge in [-0.1, -0.05) is 12.1 Å². The Bertz CT molecular complexity index is 641. The zero-order chi connectivity index (χ0) is 15.4. The average molecular weight is 287 g/mol. The second-order valence-electron chi connectivity index (χ2n) is 4.57. The van der Waals surface area contributed by atoms with Gasteiger partial charge in [0.15, 0.2) is 5.82 Å². The third-order valence-corrected chi connectivity index (χ3v) is 3.19. The minimum atomic E-state index is -1.07. The maximum Gasteiger partial charge on any atom is 0.337 e. The lowest BCUT2D eigenvalue weighted by Crippen LogP contribution is -2.12. The molecule has 21 heavy (non-hydrogen) atoms. The van der Waals surface area contributed by atoms with Crippen molar-refractivity contribution in [3.05, 3.63) is 47.7 Å². The molecule has 2 aromatic rings. The first-order valence-corrected chi connectivity index (χ1v) is 6.41. The standard InChI is InChI=1S/C15H17N3O3/c1-9(10-3-5-11(21-2)6-4-10)18-14-13(16)12(15(19)20)7-8-17-14/h3-9H,16H2,1-2H3,(H,17,18)(H,19,20). The second kappa shape index (κ2) is 6.13. The van der Waals surface area contributed by atoms with E-state index in [0.717, 1.165) is 11.3 Å². The van der Waals surface area contributed by atoms with Crippen LogP contribution in [0.4, 0.5) is 11.5 Å². The molecule has 0 saturated heterocycles. The number of nitrogen functional groups attached to an aromatic ring is 1. The highest BCUT2D eigenvalue weighted by molar-refractivity contribution is 5.96. The Morgan fingerprint density at radius 3 is 2.57 bits per heavy atom. The van der Waals surface area contributed by atoms with Gasteiger partial charge >= 0.3 is 5.97 Å². The van der Waals surface area contributed by atoms with Crippen molar-refractivity contribution >= 4 is 17.5 Å². The molecule has 0 radical (unpaired) electrons. The SMILES string of the molecule is COc1ccc(C(C)Nc2nccc(C(=O)O)c2N)cc1. The highest BCUT2D eigenvalue weighted by atomic mass is 16.5. The van der Waals surface area contributed by atoms with Crippen LogP contribution in [0.5, 0.6) is 5.75 Å². The van der Waals surface area contributed by atoms with Crippen LogP contribution in [0, 0.1) is 0 Å². The molecule has 1 atom stereocenters. The topological polar surface area (TPSA) is 97.5 Å². The van der Waals surface area contributed by atoms with Gasteiger partial charge in [0.05, 0.1) is 24.4 Å². The van der Waals surface area contributed by atoms with Gasteiger partial charge in [-0.15, -0.1) is 0 Å². The quantitative estimate of drug-likeness (QED) is 0.781. The number of aromatic carboxylic acids is 1. The van der Waals surface area contributed by atoms with Crippen LogP contribution < -0.4 is 15.8 Å². The monoisotopic (exact) mass is 287 g/mol. The number of carboxylic acids is 1.